The van der Waals surface area contributed by atoms with Crippen molar-refractivity contribution in [3.05, 3.63) is 30.1 Å². The van der Waals surface area contributed by atoms with Crippen molar-refractivity contribution in [1.29, 1.82) is 0 Å². The summed E-state index contributed by atoms with van der Waals surface area (Å²) in [5.74, 6) is 0. The molecule has 1 fully saturated rings. The zero-order valence-electron chi connectivity index (χ0n) is 15.7. The Morgan fingerprint density at radius 2 is 2.08 bits per heavy atom. The van der Waals surface area contributed by atoms with Gasteiger partial charge in [0.05, 0.1) is 11.8 Å². The van der Waals surface area contributed by atoms with Gasteiger partial charge >= 0.3 is 6.09 Å². The number of hydrogen-bond acceptors (Lipinski definition) is 5. The molecule has 1 aliphatic heterocycles. The van der Waals surface area contributed by atoms with E-state index in [9.17, 15) is 4.79 Å². The van der Waals surface area contributed by atoms with E-state index in [0.717, 1.165) is 44.7 Å². The molecule has 140 valence electrons. The minimum atomic E-state index is -0.438. The van der Waals surface area contributed by atoms with Crippen LogP contribution in [0.1, 0.15) is 45.7 Å². The van der Waals surface area contributed by atoms with E-state index in [1.54, 1.807) is 4.90 Å². The van der Waals surface area contributed by atoms with E-state index in [2.05, 4.69) is 10.3 Å². The number of amides is 1. The molecule has 0 spiro atoms. The third kappa shape index (κ3) is 7.84. The number of rotatable bonds is 7. The summed E-state index contributed by atoms with van der Waals surface area (Å²) in [5.41, 5.74) is 0.616. The molecule has 1 amide bonds. The lowest BCUT2D eigenvalue weighted by Gasteiger charge is -2.33. The molecule has 2 rings (SSSR count). The van der Waals surface area contributed by atoms with Crippen molar-refractivity contribution in [3.8, 4) is 0 Å². The van der Waals surface area contributed by atoms with Crippen LogP contribution in [0.3, 0.4) is 0 Å². The lowest BCUT2D eigenvalue weighted by atomic mass is 10.1. The molecule has 6 heteroatoms. The minimum absolute atomic E-state index is 0.218. The molecule has 0 radical (unpaired) electrons. The predicted octanol–water partition coefficient (Wildman–Crippen LogP) is 2.98. The first-order chi connectivity index (χ1) is 11.9. The van der Waals surface area contributed by atoms with E-state index in [4.69, 9.17) is 9.47 Å². The Morgan fingerprint density at radius 3 is 2.72 bits per heavy atom. The van der Waals surface area contributed by atoms with Gasteiger partial charge in [0.25, 0.3) is 0 Å². The summed E-state index contributed by atoms with van der Waals surface area (Å²) in [6.45, 7) is 9.53. The Kier molecular flexibility index (Phi) is 7.65. The fraction of sp³-hybridized carbons (Fsp3) is 0.684. The Bertz CT molecular complexity index is 508. The summed E-state index contributed by atoms with van der Waals surface area (Å²) in [6, 6.07) is 5.93. The molecule has 0 unspecified atom stereocenters. The van der Waals surface area contributed by atoms with Gasteiger partial charge in [0.2, 0.25) is 0 Å². The molecule has 0 aromatic carbocycles. The fourth-order valence-corrected chi connectivity index (χ4v) is 2.70. The van der Waals surface area contributed by atoms with E-state index in [-0.39, 0.29) is 12.2 Å². The third-order valence-corrected chi connectivity index (χ3v) is 3.98. The van der Waals surface area contributed by atoms with Crippen molar-refractivity contribution in [3.63, 3.8) is 0 Å². The van der Waals surface area contributed by atoms with Crippen molar-refractivity contribution in [1.82, 2.24) is 15.2 Å². The molecule has 1 aromatic heterocycles. The highest BCUT2D eigenvalue weighted by Gasteiger charge is 2.26. The summed E-state index contributed by atoms with van der Waals surface area (Å²) in [7, 11) is 0. The van der Waals surface area contributed by atoms with Crippen LogP contribution in [0.2, 0.25) is 0 Å². The van der Waals surface area contributed by atoms with Gasteiger partial charge in [0.1, 0.15) is 5.60 Å². The van der Waals surface area contributed by atoms with Crippen LogP contribution in [-0.2, 0) is 16.0 Å². The first-order valence-corrected chi connectivity index (χ1v) is 9.14. The average Bonchev–Trinajstić information content (AvgIpc) is 2.58. The number of nitrogens with one attached hydrogen (secondary N) is 1. The molecule has 25 heavy (non-hydrogen) atoms. The molecular formula is C19H31N3O3. The highest BCUT2D eigenvalue weighted by molar-refractivity contribution is 5.68. The smallest absolute Gasteiger partial charge is 0.410 e. The summed E-state index contributed by atoms with van der Waals surface area (Å²) < 4.78 is 11.3. The molecule has 0 aliphatic carbocycles. The fourth-order valence-electron chi connectivity index (χ4n) is 2.70. The zero-order valence-corrected chi connectivity index (χ0v) is 15.7. The maximum Gasteiger partial charge on any atom is 0.410 e. The molecule has 2 heterocycles. The zero-order chi connectivity index (χ0) is 18.1. The second kappa shape index (κ2) is 9.73. The quantitative estimate of drug-likeness (QED) is 0.767. The molecule has 0 atom stereocenters. The monoisotopic (exact) mass is 349 g/mol. The van der Waals surface area contributed by atoms with E-state index < -0.39 is 5.60 Å². The van der Waals surface area contributed by atoms with Crippen LogP contribution in [0.25, 0.3) is 0 Å². The summed E-state index contributed by atoms with van der Waals surface area (Å²) in [4.78, 5) is 18.1. The summed E-state index contributed by atoms with van der Waals surface area (Å²) in [6.07, 6.45) is 4.56. The lowest BCUT2D eigenvalue weighted by Crippen LogP contribution is -2.43. The average molecular weight is 349 g/mol. The van der Waals surface area contributed by atoms with Gasteiger partial charge in [-0.05, 0) is 58.7 Å². The maximum atomic E-state index is 12.0. The molecule has 1 saturated heterocycles. The van der Waals surface area contributed by atoms with E-state index >= 15 is 0 Å². The Hall–Kier alpha value is -1.66. The van der Waals surface area contributed by atoms with Gasteiger partial charge in [-0.1, -0.05) is 6.07 Å². The van der Waals surface area contributed by atoms with E-state index in [1.165, 1.54) is 0 Å². The van der Waals surface area contributed by atoms with Gasteiger partial charge in [-0.3, -0.25) is 4.98 Å². The van der Waals surface area contributed by atoms with Crippen LogP contribution in [0.5, 0.6) is 0 Å². The van der Waals surface area contributed by atoms with Crippen LogP contribution in [-0.4, -0.2) is 53.9 Å². The van der Waals surface area contributed by atoms with Crippen LogP contribution in [0.4, 0.5) is 4.79 Å². The minimum Gasteiger partial charge on any atom is -0.444 e. The number of aromatic nitrogens is 1. The SMILES string of the molecule is CC(C)(C)OC(=O)N1CCC(OCCCNCc2ccccn2)CC1. The number of pyridine rings is 1. The van der Waals surface area contributed by atoms with Crippen LogP contribution in [0.15, 0.2) is 24.4 Å². The second-order valence-corrected chi connectivity index (χ2v) is 7.39. The van der Waals surface area contributed by atoms with Crippen molar-refractivity contribution >= 4 is 6.09 Å². The van der Waals surface area contributed by atoms with Crippen LogP contribution in [0, 0.1) is 0 Å². The van der Waals surface area contributed by atoms with Crippen molar-refractivity contribution in [2.75, 3.05) is 26.2 Å². The topological polar surface area (TPSA) is 63.7 Å². The predicted molar refractivity (Wildman–Crippen MR) is 97.3 cm³/mol. The first kappa shape index (κ1) is 19.7. The van der Waals surface area contributed by atoms with Gasteiger partial charge in [0.15, 0.2) is 0 Å². The largest absolute Gasteiger partial charge is 0.444 e. The molecule has 1 N–H and O–H groups in total. The van der Waals surface area contributed by atoms with E-state index in [1.807, 2.05) is 45.2 Å². The maximum absolute atomic E-state index is 12.0. The van der Waals surface area contributed by atoms with Crippen LogP contribution >= 0.6 is 0 Å². The summed E-state index contributed by atoms with van der Waals surface area (Å²) >= 11 is 0. The lowest BCUT2D eigenvalue weighted by molar-refractivity contribution is -0.0117. The molecule has 6 nitrogen and oxygen atoms in total. The van der Waals surface area contributed by atoms with Gasteiger partial charge in [-0.2, -0.15) is 0 Å². The van der Waals surface area contributed by atoms with Gasteiger partial charge in [-0.25, -0.2) is 4.79 Å². The van der Waals surface area contributed by atoms with E-state index in [0.29, 0.717) is 13.1 Å². The molecule has 1 aliphatic rings. The standard InChI is InChI=1S/C19H31N3O3/c1-19(2,3)25-18(23)22-12-8-17(9-13-22)24-14-6-10-20-15-16-7-4-5-11-21-16/h4-5,7,11,17,20H,6,8-10,12-15H2,1-3H3. The van der Waals surface area contributed by atoms with Crippen molar-refractivity contribution < 1.29 is 14.3 Å². The number of hydrogen-bond donors (Lipinski definition) is 1. The van der Waals surface area contributed by atoms with Crippen molar-refractivity contribution in [2.45, 2.75) is 58.3 Å². The summed E-state index contributed by atoms with van der Waals surface area (Å²) in [5, 5.41) is 3.37. The first-order valence-electron chi connectivity index (χ1n) is 9.14. The molecule has 0 bridgehead atoms. The number of carbonyl (C=O) groups excluding carboxylic acids is 1. The van der Waals surface area contributed by atoms with Crippen LogP contribution < -0.4 is 5.32 Å². The number of carbonyl (C=O) groups is 1. The number of likely N-dealkylation sites (tertiary alicyclic amines) is 1. The highest BCUT2D eigenvalue weighted by Crippen LogP contribution is 2.17. The van der Waals surface area contributed by atoms with Gasteiger partial charge < -0.3 is 19.7 Å². The Labute approximate surface area is 150 Å². The van der Waals surface area contributed by atoms with Gasteiger partial charge in [-0.15, -0.1) is 0 Å². The van der Waals surface area contributed by atoms with Crippen molar-refractivity contribution in [2.24, 2.45) is 0 Å². The number of nitrogens with zero attached hydrogens (tertiary/aromatic N) is 2. The Morgan fingerprint density at radius 1 is 1.32 bits per heavy atom. The number of piperidine rings is 1. The second-order valence-electron chi connectivity index (χ2n) is 7.39. The molecular weight excluding hydrogens is 318 g/mol. The Balaban J connectivity index is 1.51. The molecule has 0 saturated carbocycles. The molecule has 1 aromatic rings. The third-order valence-electron chi connectivity index (χ3n) is 3.98. The number of ether oxygens (including phenoxy) is 2. The van der Waals surface area contributed by atoms with Gasteiger partial charge in [0, 0.05) is 32.4 Å². The highest BCUT2D eigenvalue weighted by atomic mass is 16.6. The normalized spacial score (nSPS) is 16.0.